The largest absolute Gasteiger partial charge is 0.508 e. The lowest BCUT2D eigenvalue weighted by atomic mass is 9.49. The van der Waals surface area contributed by atoms with Crippen molar-refractivity contribution in [2.45, 2.75) is 84.8 Å². The average Bonchev–Trinajstić information content (AvgIpc) is 3.70. The van der Waals surface area contributed by atoms with E-state index in [2.05, 4.69) is 56.2 Å². The molecule has 1 aromatic heterocycles. The zero-order valence-electron chi connectivity index (χ0n) is 27.7. The number of benzene rings is 1. The topological polar surface area (TPSA) is 113 Å². The molecule has 1 aromatic carbocycles. The van der Waals surface area contributed by atoms with E-state index >= 15 is 0 Å². The van der Waals surface area contributed by atoms with Gasteiger partial charge in [0.25, 0.3) is 0 Å². The molecule has 0 bridgehead atoms. The van der Waals surface area contributed by atoms with Gasteiger partial charge >= 0.3 is 0 Å². The first-order valence-corrected chi connectivity index (χ1v) is 17.3. The summed E-state index contributed by atoms with van der Waals surface area (Å²) >= 11 is 0. The van der Waals surface area contributed by atoms with E-state index in [4.69, 9.17) is 14.2 Å². The fourth-order valence-electron chi connectivity index (χ4n) is 10.4. The maximum atomic E-state index is 13.2. The van der Waals surface area contributed by atoms with Crippen molar-refractivity contribution in [3.05, 3.63) is 77.4 Å². The number of aromatic nitrogens is 3. The Bertz CT molecular complexity index is 1680. The van der Waals surface area contributed by atoms with Crippen LogP contribution < -0.4 is 0 Å². The Morgan fingerprint density at radius 3 is 2.70 bits per heavy atom. The van der Waals surface area contributed by atoms with Crippen LogP contribution in [0.15, 0.2) is 66.1 Å². The summed E-state index contributed by atoms with van der Waals surface area (Å²) in [5, 5.41) is 17.7. The van der Waals surface area contributed by atoms with Crippen molar-refractivity contribution in [2.24, 2.45) is 46.3 Å². The van der Waals surface area contributed by atoms with E-state index in [1.807, 2.05) is 0 Å². The second kappa shape index (κ2) is 11.0. The van der Waals surface area contributed by atoms with Crippen LogP contribution in [-0.4, -0.2) is 50.2 Å². The first kappa shape index (κ1) is 30.8. The van der Waals surface area contributed by atoms with Gasteiger partial charge in [-0.05, 0) is 103 Å². The van der Waals surface area contributed by atoms with Gasteiger partial charge in [-0.25, -0.2) is 4.68 Å². The van der Waals surface area contributed by atoms with Crippen LogP contribution in [0.5, 0.6) is 5.75 Å². The van der Waals surface area contributed by atoms with Crippen molar-refractivity contribution in [1.82, 2.24) is 15.0 Å². The average molecular weight is 640 g/mol. The molecule has 0 unspecified atom stereocenters. The van der Waals surface area contributed by atoms with Crippen LogP contribution in [0, 0.1) is 46.3 Å². The fourth-order valence-corrected chi connectivity index (χ4v) is 10.4. The number of nitrogens with zero attached hydrogens (tertiary/aromatic N) is 3. The standard InChI is InChI=1S/C38H45N3O6/c1-22-11-14-38(46-20-22)23(2)35-33(47-38)16-30-28-10-7-25-15-31(43)34(17-37(25,4)29(28)12-13-36(30,35)3)45-21-26-18-41(40-39-26)19-32(44)24-5-8-27(42)9-6-24/h5-10,15,17-18,22-23,28-30,33,35,42H,11-14,16,19-21H2,1-4H3/t22-,23+,28-,29+,30+,33+,35+,36+,37+,38-/m1/s1. The van der Waals surface area contributed by atoms with Gasteiger partial charge in [-0.3, -0.25) is 9.59 Å². The summed E-state index contributed by atoms with van der Waals surface area (Å²) in [7, 11) is 0. The second-order valence-corrected chi connectivity index (χ2v) is 15.6. The molecule has 0 radical (unpaired) electrons. The normalized spacial score (nSPS) is 40.3. The van der Waals surface area contributed by atoms with Gasteiger partial charge in [0.2, 0.25) is 5.78 Å². The maximum Gasteiger partial charge on any atom is 0.220 e. The molecule has 47 heavy (non-hydrogen) atoms. The SMILES string of the molecule is C[C@@H]1CC[C@@]2(OC1)O[C@H]1C[C@H]3[C@@H]4C=CC5=CC(=O)C(OCc6cn(CC(=O)c7ccc(O)cc7)nn6)=C[C@]5(C)[C@H]4CC[C@]3(C)[C@H]1[C@@H]2C. The van der Waals surface area contributed by atoms with E-state index in [0.29, 0.717) is 52.5 Å². The molecule has 248 valence electrons. The van der Waals surface area contributed by atoms with Crippen molar-refractivity contribution >= 4 is 11.6 Å². The number of carbonyl (C=O) groups excluding carboxylic acids is 2. The molecule has 9 heteroatoms. The Morgan fingerprint density at radius 2 is 1.94 bits per heavy atom. The van der Waals surface area contributed by atoms with Gasteiger partial charge in [0, 0.05) is 23.3 Å². The molecular weight excluding hydrogens is 594 g/mol. The van der Waals surface area contributed by atoms with Gasteiger partial charge in [-0.2, -0.15) is 0 Å². The summed E-state index contributed by atoms with van der Waals surface area (Å²) in [4.78, 5) is 25.9. The molecule has 4 aliphatic carbocycles. The minimum absolute atomic E-state index is 0.0117. The number of phenolic OH excluding ortho intramolecular Hbond substituents is 1. The minimum atomic E-state index is -0.413. The number of hydrogen-bond acceptors (Lipinski definition) is 8. The Morgan fingerprint density at radius 1 is 1.13 bits per heavy atom. The molecule has 1 N–H and O–H groups in total. The number of Topliss-reactive ketones (excluding diaryl/α,β-unsaturated/α-hetero) is 1. The van der Waals surface area contributed by atoms with Gasteiger partial charge < -0.3 is 19.3 Å². The summed E-state index contributed by atoms with van der Waals surface area (Å²) in [6.45, 7) is 10.3. The smallest absolute Gasteiger partial charge is 0.220 e. The van der Waals surface area contributed by atoms with Crippen LogP contribution in [0.25, 0.3) is 0 Å². The van der Waals surface area contributed by atoms with Crippen LogP contribution in [0.2, 0.25) is 0 Å². The van der Waals surface area contributed by atoms with Crippen molar-refractivity contribution < 1.29 is 28.9 Å². The predicted molar refractivity (Wildman–Crippen MR) is 173 cm³/mol. The number of carbonyl (C=O) groups is 2. The lowest BCUT2D eigenvalue weighted by Gasteiger charge is -2.55. The minimum Gasteiger partial charge on any atom is -0.508 e. The molecule has 1 spiro atoms. The highest BCUT2D eigenvalue weighted by atomic mass is 16.7. The van der Waals surface area contributed by atoms with Crippen molar-refractivity contribution in [3.8, 4) is 5.75 Å². The van der Waals surface area contributed by atoms with Gasteiger partial charge in [-0.1, -0.05) is 45.1 Å². The summed E-state index contributed by atoms with van der Waals surface area (Å²) in [6, 6.07) is 6.12. The first-order valence-electron chi connectivity index (χ1n) is 17.3. The fraction of sp³-hybridized carbons (Fsp3) is 0.579. The van der Waals surface area contributed by atoms with E-state index in [0.717, 1.165) is 37.9 Å². The number of fused-ring (bicyclic) bond motifs is 7. The molecule has 8 rings (SSSR count). The maximum absolute atomic E-state index is 13.2. The highest BCUT2D eigenvalue weighted by molar-refractivity contribution is 6.04. The highest BCUT2D eigenvalue weighted by Crippen LogP contribution is 2.69. The number of ketones is 2. The molecule has 4 fully saturated rings. The third-order valence-corrected chi connectivity index (χ3v) is 12.9. The number of phenols is 1. The van der Waals surface area contributed by atoms with Crippen LogP contribution in [0.1, 0.15) is 75.9 Å². The van der Waals surface area contributed by atoms with Crippen molar-refractivity contribution in [1.29, 1.82) is 0 Å². The van der Waals surface area contributed by atoms with E-state index in [1.165, 1.54) is 23.2 Å². The molecule has 0 amide bonds. The molecule has 6 aliphatic rings. The van der Waals surface area contributed by atoms with Gasteiger partial charge in [0.05, 0.1) is 18.9 Å². The molecule has 2 saturated heterocycles. The molecular formula is C38H45N3O6. The molecule has 2 aromatic rings. The summed E-state index contributed by atoms with van der Waals surface area (Å²) in [5.74, 6) is 2.50. The van der Waals surface area contributed by atoms with Crippen LogP contribution in [0.3, 0.4) is 0 Å². The Labute approximate surface area is 276 Å². The van der Waals surface area contributed by atoms with Gasteiger partial charge in [0.15, 0.2) is 17.3 Å². The van der Waals surface area contributed by atoms with Gasteiger partial charge in [-0.15, -0.1) is 5.10 Å². The van der Waals surface area contributed by atoms with E-state index in [-0.39, 0.29) is 47.4 Å². The van der Waals surface area contributed by atoms with E-state index < -0.39 is 5.79 Å². The number of aromatic hydroxyl groups is 1. The predicted octanol–water partition coefficient (Wildman–Crippen LogP) is 6.20. The number of ether oxygens (including phenoxy) is 3. The summed E-state index contributed by atoms with van der Waals surface area (Å²) in [5.41, 5.74) is 1.95. The van der Waals surface area contributed by atoms with Crippen LogP contribution in [-0.2, 0) is 32.2 Å². The summed E-state index contributed by atoms with van der Waals surface area (Å²) in [6.07, 6.45) is 15.7. The van der Waals surface area contributed by atoms with Crippen LogP contribution >= 0.6 is 0 Å². The molecule has 3 heterocycles. The third-order valence-electron chi connectivity index (χ3n) is 12.9. The first-order chi connectivity index (χ1) is 22.5. The zero-order chi connectivity index (χ0) is 32.7. The van der Waals surface area contributed by atoms with E-state index in [1.54, 1.807) is 24.4 Å². The Kier molecular flexibility index (Phi) is 7.19. The van der Waals surface area contributed by atoms with Crippen LogP contribution in [0.4, 0.5) is 0 Å². The lowest BCUT2D eigenvalue weighted by molar-refractivity contribution is -0.272. The van der Waals surface area contributed by atoms with E-state index in [9.17, 15) is 14.7 Å². The Balaban J connectivity index is 0.967. The van der Waals surface area contributed by atoms with Crippen molar-refractivity contribution in [3.63, 3.8) is 0 Å². The quantitative estimate of drug-likeness (QED) is 0.372. The Hall–Kier alpha value is -3.56. The lowest BCUT2D eigenvalue weighted by Crippen LogP contribution is -2.51. The summed E-state index contributed by atoms with van der Waals surface area (Å²) < 4.78 is 21.0. The molecule has 9 nitrogen and oxygen atoms in total. The number of hydrogen-bond donors (Lipinski definition) is 1. The molecule has 2 aliphatic heterocycles. The molecule has 2 saturated carbocycles. The van der Waals surface area contributed by atoms with Crippen molar-refractivity contribution in [2.75, 3.05) is 6.61 Å². The second-order valence-electron chi connectivity index (χ2n) is 15.6. The van der Waals surface area contributed by atoms with Gasteiger partial charge in [0.1, 0.15) is 24.6 Å². The highest BCUT2D eigenvalue weighted by Gasteiger charge is 2.68. The monoisotopic (exact) mass is 639 g/mol. The third kappa shape index (κ3) is 4.87. The zero-order valence-corrected chi connectivity index (χ0v) is 27.7. The number of rotatable bonds is 6. The molecule has 10 atom stereocenters. The number of allylic oxidation sites excluding steroid dienone is 5.